The van der Waals surface area contributed by atoms with E-state index in [4.69, 9.17) is 4.74 Å². The van der Waals surface area contributed by atoms with Gasteiger partial charge in [-0.15, -0.1) is 11.3 Å². The summed E-state index contributed by atoms with van der Waals surface area (Å²) in [5, 5.41) is 1.99. The Morgan fingerprint density at radius 1 is 1.41 bits per heavy atom. The minimum absolute atomic E-state index is 0.439. The highest BCUT2D eigenvalue weighted by atomic mass is 32.2. The third kappa shape index (κ3) is 3.75. The van der Waals surface area contributed by atoms with Crippen molar-refractivity contribution in [2.24, 2.45) is 0 Å². The molecule has 0 spiro atoms. The van der Waals surface area contributed by atoms with Gasteiger partial charge in [-0.25, -0.2) is 4.72 Å². The van der Waals surface area contributed by atoms with E-state index in [2.05, 4.69) is 4.72 Å². The number of thiophene rings is 1. The van der Waals surface area contributed by atoms with E-state index in [1.54, 1.807) is 11.3 Å². The van der Waals surface area contributed by atoms with Gasteiger partial charge < -0.3 is 4.74 Å². The zero-order valence-corrected chi connectivity index (χ0v) is 11.1. The summed E-state index contributed by atoms with van der Waals surface area (Å²) >= 11 is 1.64. The molecule has 5 nitrogen and oxygen atoms in total. The number of rotatable bonds is 5. The van der Waals surface area contributed by atoms with E-state index in [9.17, 15) is 8.42 Å². The van der Waals surface area contributed by atoms with Gasteiger partial charge in [0.1, 0.15) is 0 Å². The monoisotopic (exact) mass is 276 g/mol. The quantitative estimate of drug-likeness (QED) is 0.850. The van der Waals surface area contributed by atoms with Crippen LogP contribution in [0.1, 0.15) is 4.88 Å². The second-order valence-electron chi connectivity index (χ2n) is 3.74. The van der Waals surface area contributed by atoms with Crippen LogP contribution in [-0.2, 0) is 21.4 Å². The number of nitrogens with one attached hydrogen (secondary N) is 1. The molecule has 1 fully saturated rings. The largest absolute Gasteiger partial charge is 0.379 e. The molecule has 1 aliphatic rings. The van der Waals surface area contributed by atoms with Gasteiger partial charge in [0.25, 0.3) is 10.2 Å². The molecule has 1 aliphatic heterocycles. The molecule has 1 N–H and O–H groups in total. The number of nitrogens with zero attached hydrogens (tertiary/aromatic N) is 1. The van der Waals surface area contributed by atoms with Gasteiger partial charge in [-0.2, -0.15) is 12.7 Å². The molecule has 0 saturated carbocycles. The molecule has 7 heteroatoms. The first-order valence-corrected chi connectivity index (χ1v) is 7.85. The zero-order valence-electron chi connectivity index (χ0n) is 9.46. The van der Waals surface area contributed by atoms with E-state index in [0.717, 1.165) is 6.42 Å². The Balaban J connectivity index is 1.80. The smallest absolute Gasteiger partial charge is 0.279 e. The first-order valence-electron chi connectivity index (χ1n) is 5.53. The van der Waals surface area contributed by atoms with Crippen molar-refractivity contribution in [3.63, 3.8) is 0 Å². The van der Waals surface area contributed by atoms with Crippen LogP contribution in [0.5, 0.6) is 0 Å². The Labute approximate surface area is 106 Å². The molecule has 2 rings (SSSR count). The van der Waals surface area contributed by atoms with Crippen LogP contribution in [0.25, 0.3) is 0 Å². The molecule has 96 valence electrons. The van der Waals surface area contributed by atoms with Crippen LogP contribution in [0.3, 0.4) is 0 Å². The Morgan fingerprint density at radius 3 is 2.82 bits per heavy atom. The third-order valence-electron chi connectivity index (χ3n) is 2.55. The molecule has 0 radical (unpaired) electrons. The lowest BCUT2D eigenvalue weighted by Crippen LogP contribution is -2.47. The maximum atomic E-state index is 11.9. The summed E-state index contributed by atoms with van der Waals surface area (Å²) in [6, 6.07) is 3.98. The molecule has 0 atom stereocenters. The Bertz CT molecular complexity index is 424. The van der Waals surface area contributed by atoms with Gasteiger partial charge >= 0.3 is 0 Å². The molecule has 2 heterocycles. The highest BCUT2D eigenvalue weighted by Gasteiger charge is 2.23. The molecule has 0 bridgehead atoms. The van der Waals surface area contributed by atoms with Gasteiger partial charge in [-0.05, 0) is 17.9 Å². The highest BCUT2D eigenvalue weighted by Crippen LogP contribution is 2.09. The molecular formula is C10H16N2O3S2. The fourth-order valence-corrected chi connectivity index (χ4v) is 3.52. The minimum Gasteiger partial charge on any atom is -0.379 e. The van der Waals surface area contributed by atoms with E-state index in [0.29, 0.717) is 32.8 Å². The van der Waals surface area contributed by atoms with Crippen molar-refractivity contribution in [2.45, 2.75) is 6.42 Å². The summed E-state index contributed by atoms with van der Waals surface area (Å²) in [6.07, 6.45) is 0.737. The molecule has 0 aliphatic carbocycles. The van der Waals surface area contributed by atoms with Crippen LogP contribution < -0.4 is 4.72 Å². The molecule has 0 unspecified atom stereocenters. The fourth-order valence-electron chi connectivity index (χ4n) is 1.64. The van der Waals surface area contributed by atoms with Gasteiger partial charge in [-0.3, -0.25) is 0 Å². The summed E-state index contributed by atoms with van der Waals surface area (Å²) in [5.74, 6) is 0. The number of hydrogen-bond donors (Lipinski definition) is 1. The second-order valence-corrected chi connectivity index (χ2v) is 6.53. The first-order chi connectivity index (χ1) is 8.18. The predicted octanol–water partition coefficient (Wildman–Crippen LogP) is 0.457. The second kappa shape index (κ2) is 5.92. The van der Waals surface area contributed by atoms with Gasteiger partial charge in [0.05, 0.1) is 13.2 Å². The van der Waals surface area contributed by atoms with E-state index in [1.807, 2.05) is 17.5 Å². The minimum atomic E-state index is -3.33. The van der Waals surface area contributed by atoms with Gasteiger partial charge in [0, 0.05) is 24.5 Å². The van der Waals surface area contributed by atoms with Crippen LogP contribution in [-0.4, -0.2) is 45.6 Å². The maximum absolute atomic E-state index is 11.9. The average molecular weight is 276 g/mol. The summed E-state index contributed by atoms with van der Waals surface area (Å²) in [7, 11) is -3.33. The lowest BCUT2D eigenvalue weighted by atomic mass is 10.3. The van der Waals surface area contributed by atoms with Crippen molar-refractivity contribution in [3.05, 3.63) is 22.4 Å². The molecule has 0 amide bonds. The summed E-state index contributed by atoms with van der Waals surface area (Å²) < 4.78 is 32.9. The molecule has 1 saturated heterocycles. The maximum Gasteiger partial charge on any atom is 0.279 e. The van der Waals surface area contributed by atoms with E-state index in [1.165, 1.54) is 9.18 Å². The van der Waals surface area contributed by atoms with E-state index >= 15 is 0 Å². The van der Waals surface area contributed by atoms with Crippen molar-refractivity contribution in [2.75, 3.05) is 32.8 Å². The molecular weight excluding hydrogens is 260 g/mol. The summed E-state index contributed by atoms with van der Waals surface area (Å²) in [4.78, 5) is 1.19. The van der Waals surface area contributed by atoms with Gasteiger partial charge in [0.15, 0.2) is 0 Å². The Kier molecular flexibility index (Phi) is 4.52. The van der Waals surface area contributed by atoms with Crippen LogP contribution in [0.2, 0.25) is 0 Å². The van der Waals surface area contributed by atoms with Crippen molar-refractivity contribution in [1.29, 1.82) is 0 Å². The van der Waals surface area contributed by atoms with Crippen molar-refractivity contribution in [1.82, 2.24) is 9.03 Å². The lowest BCUT2D eigenvalue weighted by Gasteiger charge is -2.26. The average Bonchev–Trinajstić information content (AvgIpc) is 2.83. The first kappa shape index (κ1) is 13.0. The van der Waals surface area contributed by atoms with Gasteiger partial charge in [-0.1, -0.05) is 6.07 Å². The standard InChI is InChI=1S/C10H16N2O3S2/c13-17(14,12-5-7-15-8-6-12)11-4-3-10-2-1-9-16-10/h1-2,9,11H,3-8H2. The normalized spacial score (nSPS) is 18.4. The van der Waals surface area contributed by atoms with Crippen LogP contribution in [0.15, 0.2) is 17.5 Å². The summed E-state index contributed by atoms with van der Waals surface area (Å²) in [5.41, 5.74) is 0. The Morgan fingerprint density at radius 2 is 2.18 bits per heavy atom. The fraction of sp³-hybridized carbons (Fsp3) is 0.600. The van der Waals surface area contributed by atoms with Crippen LogP contribution in [0, 0.1) is 0 Å². The molecule has 0 aromatic carbocycles. The van der Waals surface area contributed by atoms with Gasteiger partial charge in [0.2, 0.25) is 0 Å². The van der Waals surface area contributed by atoms with Crippen LogP contribution >= 0.6 is 11.3 Å². The highest BCUT2D eigenvalue weighted by molar-refractivity contribution is 7.87. The molecule has 17 heavy (non-hydrogen) atoms. The predicted molar refractivity (Wildman–Crippen MR) is 67.3 cm³/mol. The van der Waals surface area contributed by atoms with Crippen molar-refractivity contribution < 1.29 is 13.2 Å². The number of morpholine rings is 1. The molecule has 1 aromatic heterocycles. The Hall–Kier alpha value is -0.470. The van der Waals surface area contributed by atoms with Crippen molar-refractivity contribution >= 4 is 21.5 Å². The van der Waals surface area contributed by atoms with Crippen LogP contribution in [0.4, 0.5) is 0 Å². The topological polar surface area (TPSA) is 58.6 Å². The summed E-state index contributed by atoms with van der Waals surface area (Å²) in [6.45, 7) is 2.28. The van der Waals surface area contributed by atoms with E-state index in [-0.39, 0.29) is 0 Å². The number of hydrogen-bond acceptors (Lipinski definition) is 4. The van der Waals surface area contributed by atoms with E-state index < -0.39 is 10.2 Å². The van der Waals surface area contributed by atoms with Crippen molar-refractivity contribution in [3.8, 4) is 0 Å². The zero-order chi connectivity index (χ0) is 12.1. The molecule has 1 aromatic rings. The third-order valence-corrected chi connectivity index (χ3v) is 5.10. The lowest BCUT2D eigenvalue weighted by molar-refractivity contribution is 0.0725. The number of ether oxygens (including phenoxy) is 1. The SMILES string of the molecule is O=S(=O)(NCCc1cccs1)N1CCOCC1.